The highest BCUT2D eigenvalue weighted by Gasteiger charge is 2.44. The smallest absolute Gasteiger partial charge is 0.433 e. The summed E-state index contributed by atoms with van der Waals surface area (Å²) in [6.45, 7) is 3.66. The van der Waals surface area contributed by atoms with E-state index in [1.54, 1.807) is 36.4 Å². The molecule has 0 saturated carbocycles. The molecule has 9 nitrogen and oxygen atoms in total. The first-order chi connectivity index (χ1) is 19.6. The van der Waals surface area contributed by atoms with Crippen LogP contribution in [0.1, 0.15) is 31.1 Å². The fraction of sp³-hybridized carbons (Fsp3) is 0.250. The zero-order valence-corrected chi connectivity index (χ0v) is 21.8. The second-order valence-electron chi connectivity index (χ2n) is 9.85. The first-order valence-corrected chi connectivity index (χ1v) is 12.8. The van der Waals surface area contributed by atoms with Gasteiger partial charge in [-0.05, 0) is 38.1 Å². The number of pyridine rings is 1. The summed E-state index contributed by atoms with van der Waals surface area (Å²) in [5.74, 6) is -0.512. The van der Waals surface area contributed by atoms with Gasteiger partial charge in [0.25, 0.3) is 0 Å². The van der Waals surface area contributed by atoms with Gasteiger partial charge in [-0.1, -0.05) is 18.2 Å². The van der Waals surface area contributed by atoms with E-state index in [4.69, 9.17) is 9.47 Å². The SMILES string of the molecule is CC(C)n1c(=O)[nH]c2nccc(Oc3ccc(NC4OC4Cc4cnn(-c5ccccc5)c4C(F)(F)F)cc3F)c21. The Morgan fingerprint density at radius 2 is 1.90 bits per heavy atom. The van der Waals surface area contributed by atoms with Gasteiger partial charge in [-0.25, -0.2) is 18.9 Å². The molecule has 0 bridgehead atoms. The molecule has 41 heavy (non-hydrogen) atoms. The van der Waals surface area contributed by atoms with Crippen molar-refractivity contribution in [3.05, 3.63) is 94.5 Å². The number of epoxide rings is 1. The number of hydrogen-bond donors (Lipinski definition) is 2. The van der Waals surface area contributed by atoms with Crippen LogP contribution < -0.4 is 15.7 Å². The lowest BCUT2D eigenvalue weighted by atomic mass is 10.1. The van der Waals surface area contributed by atoms with Crippen LogP contribution in [-0.2, 0) is 17.3 Å². The third-order valence-corrected chi connectivity index (χ3v) is 6.67. The van der Waals surface area contributed by atoms with E-state index < -0.39 is 30.0 Å². The van der Waals surface area contributed by atoms with Crippen molar-refractivity contribution in [2.75, 3.05) is 5.32 Å². The molecule has 3 aromatic heterocycles. The number of nitrogens with one attached hydrogen (secondary N) is 2. The number of benzene rings is 2. The Morgan fingerprint density at radius 3 is 2.61 bits per heavy atom. The van der Waals surface area contributed by atoms with Crippen LogP contribution in [-0.4, -0.2) is 36.6 Å². The van der Waals surface area contributed by atoms with E-state index in [2.05, 4.69) is 20.4 Å². The molecule has 2 N–H and O–H groups in total. The van der Waals surface area contributed by atoms with Crippen molar-refractivity contribution in [2.24, 2.45) is 0 Å². The minimum Gasteiger partial charge on any atom is -0.452 e. The fourth-order valence-corrected chi connectivity index (χ4v) is 4.80. The number of ether oxygens (including phenoxy) is 2. The molecule has 1 aliphatic rings. The molecule has 0 amide bonds. The molecule has 212 valence electrons. The normalized spacial score (nSPS) is 16.9. The Kier molecular flexibility index (Phi) is 6.53. The van der Waals surface area contributed by atoms with Gasteiger partial charge in [-0.15, -0.1) is 0 Å². The highest BCUT2D eigenvalue weighted by atomic mass is 19.4. The van der Waals surface area contributed by atoms with Crippen molar-refractivity contribution >= 4 is 16.9 Å². The standard InChI is InChI=1S/C28H24F4N6O3/c1-15(2)37-23-21(10-11-33-25(23)36-27(37)39)40-20-9-8-17(13-19(20)29)35-26-22(41-26)12-16-14-34-38(24(16)28(30,31)32)18-6-4-3-5-7-18/h3-11,13-15,22,26,35H,12H2,1-2H3,(H,33,36,39). The maximum absolute atomic E-state index is 15.0. The lowest BCUT2D eigenvalue weighted by Crippen LogP contribution is -2.18. The maximum Gasteiger partial charge on any atom is 0.433 e. The highest BCUT2D eigenvalue weighted by molar-refractivity contribution is 5.78. The largest absolute Gasteiger partial charge is 0.452 e. The molecule has 2 atom stereocenters. The molecule has 1 saturated heterocycles. The van der Waals surface area contributed by atoms with Crippen LogP contribution in [0.3, 0.4) is 0 Å². The molecule has 1 fully saturated rings. The third-order valence-electron chi connectivity index (χ3n) is 6.67. The number of aromatic amines is 1. The molecular formula is C28H24F4N6O3. The number of H-pyrrole nitrogens is 1. The van der Waals surface area contributed by atoms with E-state index in [1.807, 2.05) is 13.8 Å². The van der Waals surface area contributed by atoms with Crippen LogP contribution in [0.2, 0.25) is 0 Å². The van der Waals surface area contributed by atoms with Crippen LogP contribution in [0, 0.1) is 5.82 Å². The van der Waals surface area contributed by atoms with Gasteiger partial charge >= 0.3 is 11.9 Å². The average molecular weight is 569 g/mol. The summed E-state index contributed by atoms with van der Waals surface area (Å²) < 4.78 is 70.6. The molecule has 0 spiro atoms. The van der Waals surface area contributed by atoms with Gasteiger partial charge in [-0.2, -0.15) is 18.3 Å². The molecule has 2 aromatic carbocycles. The first kappa shape index (κ1) is 26.6. The predicted octanol–water partition coefficient (Wildman–Crippen LogP) is 5.82. The lowest BCUT2D eigenvalue weighted by Gasteiger charge is -2.13. The van der Waals surface area contributed by atoms with Crippen LogP contribution in [0.5, 0.6) is 11.5 Å². The van der Waals surface area contributed by atoms with Gasteiger partial charge < -0.3 is 14.8 Å². The molecule has 2 unspecified atom stereocenters. The molecule has 0 aliphatic carbocycles. The van der Waals surface area contributed by atoms with Gasteiger partial charge in [0.15, 0.2) is 34.9 Å². The van der Waals surface area contributed by atoms with Crippen LogP contribution >= 0.6 is 0 Å². The van der Waals surface area contributed by atoms with Crippen molar-refractivity contribution in [3.63, 3.8) is 0 Å². The molecule has 13 heteroatoms. The Balaban J connectivity index is 1.16. The van der Waals surface area contributed by atoms with Gasteiger partial charge in [0.1, 0.15) is 11.6 Å². The Hall–Kier alpha value is -4.65. The first-order valence-electron chi connectivity index (χ1n) is 12.8. The molecule has 5 aromatic rings. The molecule has 6 rings (SSSR count). The third kappa shape index (κ3) is 5.15. The van der Waals surface area contributed by atoms with Gasteiger partial charge in [-0.3, -0.25) is 9.55 Å². The van der Waals surface area contributed by atoms with Crippen molar-refractivity contribution in [1.29, 1.82) is 0 Å². The summed E-state index contributed by atoms with van der Waals surface area (Å²) in [5, 5.41) is 6.95. The van der Waals surface area contributed by atoms with E-state index in [1.165, 1.54) is 35.2 Å². The Morgan fingerprint density at radius 1 is 1.12 bits per heavy atom. The van der Waals surface area contributed by atoms with Gasteiger partial charge in [0.2, 0.25) is 0 Å². The van der Waals surface area contributed by atoms with Gasteiger partial charge in [0.05, 0.1) is 11.9 Å². The maximum atomic E-state index is 15.0. The summed E-state index contributed by atoms with van der Waals surface area (Å²) in [5.41, 5.74) is 0.176. The minimum atomic E-state index is -4.62. The second kappa shape index (κ2) is 10.1. The Bertz CT molecular complexity index is 1780. The van der Waals surface area contributed by atoms with Crippen molar-refractivity contribution in [1.82, 2.24) is 24.3 Å². The van der Waals surface area contributed by atoms with E-state index in [-0.39, 0.29) is 35.2 Å². The lowest BCUT2D eigenvalue weighted by molar-refractivity contribution is -0.143. The topological polar surface area (TPSA) is 102 Å². The number of imidazole rings is 1. The number of aromatic nitrogens is 5. The number of fused-ring (bicyclic) bond motifs is 1. The quantitative estimate of drug-likeness (QED) is 0.181. The summed E-state index contributed by atoms with van der Waals surface area (Å²) in [4.78, 5) is 19.2. The molecule has 1 aliphatic heterocycles. The number of alkyl halides is 3. The van der Waals surface area contributed by atoms with Gasteiger partial charge in [0, 0.05) is 42.0 Å². The van der Waals surface area contributed by atoms with Crippen molar-refractivity contribution in [2.45, 2.75) is 44.8 Å². The number of anilines is 1. The van der Waals surface area contributed by atoms with Crippen molar-refractivity contribution < 1.29 is 27.0 Å². The van der Waals surface area contributed by atoms with E-state index in [0.29, 0.717) is 22.5 Å². The fourth-order valence-electron chi connectivity index (χ4n) is 4.80. The number of rotatable bonds is 8. The predicted molar refractivity (Wildman–Crippen MR) is 142 cm³/mol. The van der Waals surface area contributed by atoms with Crippen LogP contribution in [0.25, 0.3) is 16.9 Å². The minimum absolute atomic E-state index is 0.00104. The van der Waals surface area contributed by atoms with E-state index in [0.717, 1.165) is 4.68 Å². The summed E-state index contributed by atoms with van der Waals surface area (Å²) in [6.07, 6.45) is -3.18. The van der Waals surface area contributed by atoms with Crippen LogP contribution in [0.4, 0.5) is 23.2 Å². The van der Waals surface area contributed by atoms with Crippen LogP contribution in [0.15, 0.2) is 71.8 Å². The summed E-state index contributed by atoms with van der Waals surface area (Å²) in [6, 6.07) is 13.6. The zero-order chi connectivity index (χ0) is 28.9. The number of para-hydroxylation sites is 1. The summed E-state index contributed by atoms with van der Waals surface area (Å²) in [7, 11) is 0. The zero-order valence-electron chi connectivity index (χ0n) is 21.8. The highest BCUT2D eigenvalue weighted by Crippen LogP contribution is 2.37. The Labute approximate surface area is 230 Å². The number of hydrogen-bond acceptors (Lipinski definition) is 6. The average Bonchev–Trinajstić information content (AvgIpc) is 3.32. The number of nitrogens with zero attached hydrogens (tertiary/aromatic N) is 4. The van der Waals surface area contributed by atoms with Crippen molar-refractivity contribution in [3.8, 4) is 17.2 Å². The summed E-state index contributed by atoms with van der Waals surface area (Å²) >= 11 is 0. The van der Waals surface area contributed by atoms with E-state index in [9.17, 15) is 18.0 Å². The molecule has 0 radical (unpaired) electrons. The monoisotopic (exact) mass is 568 g/mol. The molecular weight excluding hydrogens is 544 g/mol. The van der Waals surface area contributed by atoms with E-state index >= 15 is 4.39 Å². The molecule has 4 heterocycles. The second-order valence-corrected chi connectivity index (χ2v) is 9.85. The number of halogens is 4.